The number of hydrogen-bond acceptors (Lipinski definition) is 5. The van der Waals surface area contributed by atoms with Crippen LogP contribution in [-0.2, 0) is 0 Å². The van der Waals surface area contributed by atoms with E-state index in [-0.39, 0.29) is 0 Å². The van der Waals surface area contributed by atoms with Crippen molar-refractivity contribution in [2.45, 2.75) is 6.92 Å². The van der Waals surface area contributed by atoms with Crippen LogP contribution in [0.15, 0.2) is 71.4 Å². The zero-order chi connectivity index (χ0) is 19.5. The highest BCUT2D eigenvalue weighted by molar-refractivity contribution is 6.08. The molecule has 0 atom stereocenters. The van der Waals surface area contributed by atoms with Crippen molar-refractivity contribution in [2.75, 3.05) is 0 Å². The van der Waals surface area contributed by atoms with Crippen molar-refractivity contribution >= 4 is 22.7 Å². The van der Waals surface area contributed by atoms with Crippen molar-refractivity contribution < 1.29 is 14.0 Å². The summed E-state index contributed by atoms with van der Waals surface area (Å²) >= 11 is 0. The molecular weight excluding hydrogens is 356 g/mol. The lowest BCUT2D eigenvalue weighted by Gasteiger charge is -2.10. The molecule has 2 N–H and O–H groups in total. The number of hydrazine groups is 1. The summed E-state index contributed by atoms with van der Waals surface area (Å²) in [6, 6.07) is 15.7. The largest absolute Gasteiger partial charge is 0.460 e. The summed E-state index contributed by atoms with van der Waals surface area (Å²) in [6.45, 7) is 1.84. The summed E-state index contributed by atoms with van der Waals surface area (Å²) in [7, 11) is 0. The third-order valence-corrected chi connectivity index (χ3v) is 4.19. The number of fused-ring (bicyclic) bond motifs is 1. The smallest absolute Gasteiger partial charge is 0.270 e. The van der Waals surface area contributed by atoms with Crippen molar-refractivity contribution in [3.05, 3.63) is 83.9 Å². The van der Waals surface area contributed by atoms with Gasteiger partial charge in [-0.1, -0.05) is 18.2 Å². The molecule has 0 aliphatic heterocycles. The van der Waals surface area contributed by atoms with E-state index >= 15 is 0 Å². The Bertz CT molecular complexity index is 1170. The molecule has 28 heavy (non-hydrogen) atoms. The summed E-state index contributed by atoms with van der Waals surface area (Å²) in [5.41, 5.74) is 6.83. The molecule has 2 amide bonds. The molecule has 4 aromatic rings. The van der Waals surface area contributed by atoms with Crippen molar-refractivity contribution in [2.24, 2.45) is 0 Å². The third-order valence-electron chi connectivity index (χ3n) is 4.19. The van der Waals surface area contributed by atoms with E-state index in [0.29, 0.717) is 33.5 Å². The fraction of sp³-hybridized carbons (Fsp3) is 0.0476. The molecule has 7 heteroatoms. The first-order valence-electron chi connectivity index (χ1n) is 8.59. The first kappa shape index (κ1) is 17.4. The van der Waals surface area contributed by atoms with Crippen molar-refractivity contribution in [3.8, 4) is 11.5 Å². The molecule has 0 aliphatic rings. The highest BCUT2D eigenvalue weighted by Gasteiger charge is 2.16. The van der Waals surface area contributed by atoms with Crippen molar-refractivity contribution in [1.82, 2.24) is 20.8 Å². The molecule has 0 fully saturated rings. The number of pyridine rings is 2. The summed E-state index contributed by atoms with van der Waals surface area (Å²) in [4.78, 5) is 33.4. The second-order valence-corrected chi connectivity index (χ2v) is 6.13. The second-order valence-electron chi connectivity index (χ2n) is 6.13. The highest BCUT2D eigenvalue weighted by atomic mass is 16.3. The molecule has 0 bridgehead atoms. The van der Waals surface area contributed by atoms with E-state index in [1.165, 1.54) is 12.4 Å². The SMILES string of the molecule is Cc1ccc(-c2cc(C(=O)NNC(=O)c3ccncc3)c3ccccc3n2)o1. The molecule has 0 unspecified atom stereocenters. The maximum atomic E-state index is 12.8. The number of benzene rings is 1. The molecule has 3 aromatic heterocycles. The molecule has 0 radical (unpaired) electrons. The van der Waals surface area contributed by atoms with Gasteiger partial charge in [0.15, 0.2) is 5.76 Å². The standard InChI is InChI=1S/C21H16N4O3/c1-13-6-7-19(28-13)18-12-16(15-4-2-3-5-17(15)23-18)21(27)25-24-20(26)14-8-10-22-11-9-14/h2-12H,1H3,(H,24,26)(H,25,27). The lowest BCUT2D eigenvalue weighted by Crippen LogP contribution is -2.41. The van der Waals surface area contributed by atoms with Gasteiger partial charge in [-0.05, 0) is 43.3 Å². The first-order chi connectivity index (χ1) is 13.6. The van der Waals surface area contributed by atoms with Gasteiger partial charge >= 0.3 is 0 Å². The fourth-order valence-electron chi connectivity index (χ4n) is 2.82. The minimum absolute atomic E-state index is 0.379. The van der Waals surface area contributed by atoms with Gasteiger partial charge in [0.25, 0.3) is 11.8 Å². The van der Waals surface area contributed by atoms with E-state index in [1.807, 2.05) is 31.2 Å². The lowest BCUT2D eigenvalue weighted by molar-refractivity contribution is 0.0847. The Balaban J connectivity index is 1.65. The van der Waals surface area contributed by atoms with E-state index in [2.05, 4.69) is 20.8 Å². The van der Waals surface area contributed by atoms with E-state index in [1.54, 1.807) is 30.3 Å². The predicted molar refractivity (Wildman–Crippen MR) is 103 cm³/mol. The Morgan fingerprint density at radius 2 is 1.68 bits per heavy atom. The van der Waals surface area contributed by atoms with Gasteiger partial charge in [0.1, 0.15) is 11.5 Å². The number of amides is 2. The minimum Gasteiger partial charge on any atom is -0.460 e. The molecule has 0 saturated heterocycles. The quantitative estimate of drug-likeness (QED) is 0.538. The molecule has 3 heterocycles. The number of furan rings is 1. The average molecular weight is 372 g/mol. The van der Waals surface area contributed by atoms with Crippen LogP contribution >= 0.6 is 0 Å². The van der Waals surface area contributed by atoms with Crippen LogP contribution in [0.1, 0.15) is 26.5 Å². The topological polar surface area (TPSA) is 97.1 Å². The number of aryl methyl sites for hydroxylation is 1. The number of carbonyl (C=O) groups is 2. The van der Waals surface area contributed by atoms with Gasteiger partial charge in [0.2, 0.25) is 0 Å². The Morgan fingerprint density at radius 1 is 0.929 bits per heavy atom. The van der Waals surface area contributed by atoms with Crippen LogP contribution in [0.25, 0.3) is 22.4 Å². The van der Waals surface area contributed by atoms with E-state index in [4.69, 9.17) is 4.42 Å². The van der Waals surface area contributed by atoms with Gasteiger partial charge in [-0.15, -0.1) is 0 Å². The van der Waals surface area contributed by atoms with Crippen LogP contribution in [-0.4, -0.2) is 21.8 Å². The Morgan fingerprint density at radius 3 is 2.43 bits per heavy atom. The number of rotatable bonds is 3. The Kier molecular flexibility index (Phi) is 4.55. The van der Waals surface area contributed by atoms with Crippen LogP contribution < -0.4 is 10.9 Å². The molecule has 138 valence electrons. The summed E-state index contributed by atoms with van der Waals surface area (Å²) in [5.74, 6) is 0.431. The van der Waals surface area contributed by atoms with Crippen LogP contribution in [0, 0.1) is 6.92 Å². The zero-order valence-corrected chi connectivity index (χ0v) is 15.0. The minimum atomic E-state index is -0.453. The van der Waals surface area contributed by atoms with Gasteiger partial charge in [-0.25, -0.2) is 4.98 Å². The molecular formula is C21H16N4O3. The summed E-state index contributed by atoms with van der Waals surface area (Å²) in [5, 5.41) is 0.671. The second kappa shape index (κ2) is 7.32. The van der Waals surface area contributed by atoms with E-state index < -0.39 is 11.8 Å². The number of nitrogens with one attached hydrogen (secondary N) is 2. The normalized spacial score (nSPS) is 10.6. The fourth-order valence-corrected chi connectivity index (χ4v) is 2.82. The predicted octanol–water partition coefficient (Wildman–Crippen LogP) is 3.27. The van der Waals surface area contributed by atoms with Gasteiger partial charge in [0, 0.05) is 23.3 Å². The van der Waals surface area contributed by atoms with Crippen LogP contribution in [0.3, 0.4) is 0 Å². The van der Waals surface area contributed by atoms with E-state index in [0.717, 1.165) is 5.76 Å². The summed E-state index contributed by atoms with van der Waals surface area (Å²) in [6.07, 6.45) is 3.01. The highest BCUT2D eigenvalue weighted by Crippen LogP contribution is 2.26. The maximum absolute atomic E-state index is 12.8. The van der Waals surface area contributed by atoms with Crippen molar-refractivity contribution in [1.29, 1.82) is 0 Å². The molecule has 1 aromatic carbocycles. The molecule has 0 spiro atoms. The Hall–Kier alpha value is -4.00. The monoisotopic (exact) mass is 372 g/mol. The van der Waals surface area contributed by atoms with Crippen LogP contribution in [0.4, 0.5) is 0 Å². The van der Waals surface area contributed by atoms with Gasteiger partial charge in [-0.3, -0.25) is 25.4 Å². The average Bonchev–Trinajstić information content (AvgIpc) is 3.18. The maximum Gasteiger partial charge on any atom is 0.270 e. The molecule has 0 saturated carbocycles. The lowest BCUT2D eigenvalue weighted by atomic mass is 10.1. The number of aromatic nitrogens is 2. The van der Waals surface area contributed by atoms with E-state index in [9.17, 15) is 9.59 Å². The molecule has 7 nitrogen and oxygen atoms in total. The van der Waals surface area contributed by atoms with Crippen molar-refractivity contribution in [3.63, 3.8) is 0 Å². The number of nitrogens with zero attached hydrogens (tertiary/aromatic N) is 2. The number of carbonyl (C=O) groups excluding carboxylic acids is 2. The molecule has 0 aliphatic carbocycles. The van der Waals surface area contributed by atoms with Crippen LogP contribution in [0.2, 0.25) is 0 Å². The molecule has 4 rings (SSSR count). The number of hydrogen-bond donors (Lipinski definition) is 2. The van der Waals surface area contributed by atoms with Gasteiger partial charge in [0.05, 0.1) is 11.1 Å². The number of para-hydroxylation sites is 1. The van der Waals surface area contributed by atoms with Gasteiger partial charge in [-0.2, -0.15) is 0 Å². The van der Waals surface area contributed by atoms with Gasteiger partial charge < -0.3 is 4.42 Å². The summed E-state index contributed by atoms with van der Waals surface area (Å²) < 4.78 is 5.64. The zero-order valence-electron chi connectivity index (χ0n) is 15.0. The Labute approximate surface area is 160 Å². The first-order valence-corrected chi connectivity index (χ1v) is 8.59. The third kappa shape index (κ3) is 3.45. The van der Waals surface area contributed by atoms with Crippen LogP contribution in [0.5, 0.6) is 0 Å².